The van der Waals surface area contributed by atoms with Gasteiger partial charge in [0.25, 0.3) is 0 Å². The fourth-order valence-corrected chi connectivity index (χ4v) is 19.7. The first-order valence-corrected chi connectivity index (χ1v) is 28.2. The summed E-state index contributed by atoms with van der Waals surface area (Å²) in [7, 11) is 0. The Balaban J connectivity index is 2.49. The standard InChI is InChI=1S/C6H2SSe.6CH3.2Sn/c1-3-7-5-2-4-8-6(1)5;;;;;;;;/h1-2H;6*1H3;;. The maximum atomic E-state index is 2.57. The van der Waals surface area contributed by atoms with Gasteiger partial charge in [-0.1, -0.05) is 0 Å². The van der Waals surface area contributed by atoms with E-state index >= 15 is 0 Å². The van der Waals surface area contributed by atoms with Crippen molar-refractivity contribution in [2.24, 2.45) is 0 Å². The average molecular weight is 513 g/mol. The zero-order valence-electron chi connectivity index (χ0n) is 11.0. The van der Waals surface area contributed by atoms with Crippen LogP contribution >= 0.6 is 11.3 Å². The van der Waals surface area contributed by atoms with E-state index < -0.39 is 36.8 Å². The van der Waals surface area contributed by atoms with Crippen molar-refractivity contribution >= 4 is 76.9 Å². The van der Waals surface area contributed by atoms with E-state index in [1.54, 1.807) is 11.9 Å². The molecule has 2 heterocycles. The van der Waals surface area contributed by atoms with Gasteiger partial charge in [0.2, 0.25) is 0 Å². The summed E-state index contributed by atoms with van der Waals surface area (Å²) in [5.74, 6) is 0. The second-order valence-corrected chi connectivity index (χ2v) is 41.9. The molecule has 0 saturated carbocycles. The van der Waals surface area contributed by atoms with Crippen LogP contribution in [0.2, 0.25) is 29.6 Å². The minimum absolute atomic E-state index is 0.690. The van der Waals surface area contributed by atoms with Crippen molar-refractivity contribution in [1.29, 1.82) is 0 Å². The molecule has 0 radical (unpaired) electrons. The van der Waals surface area contributed by atoms with E-state index in [9.17, 15) is 0 Å². The SMILES string of the molecule is [CH3][Sn]([CH3])([CH3])[c]1cc2[se][c]([Sn]([CH3])([CH3])[CH3])cc2s1. The van der Waals surface area contributed by atoms with Crippen LogP contribution in [-0.2, 0) is 0 Å². The first kappa shape index (κ1) is 14.0. The van der Waals surface area contributed by atoms with Crippen LogP contribution in [0.5, 0.6) is 0 Å². The molecule has 0 amide bonds. The number of fused-ring (bicyclic) bond motifs is 1. The Morgan fingerprint density at radius 1 is 0.938 bits per heavy atom. The van der Waals surface area contributed by atoms with Crippen LogP contribution in [0.15, 0.2) is 12.1 Å². The minimum atomic E-state index is -1.80. The first-order valence-electron chi connectivity index (χ1n) is 5.72. The summed E-state index contributed by atoms with van der Waals surface area (Å²) < 4.78 is 6.98. The van der Waals surface area contributed by atoms with E-state index in [1.807, 2.05) is 2.45 Å². The molecule has 0 nitrogen and oxygen atoms in total. The average Bonchev–Trinajstić information content (AvgIpc) is 2.53. The van der Waals surface area contributed by atoms with Crippen LogP contribution in [0.4, 0.5) is 0 Å². The quantitative estimate of drug-likeness (QED) is 0.543. The van der Waals surface area contributed by atoms with Crippen molar-refractivity contribution in [3.63, 3.8) is 0 Å². The number of thiophene rings is 1. The van der Waals surface area contributed by atoms with Gasteiger partial charge in [-0.25, -0.2) is 0 Å². The number of hydrogen-bond donors (Lipinski definition) is 0. The van der Waals surface area contributed by atoms with E-state index in [0.29, 0.717) is 14.5 Å². The molecule has 0 atom stereocenters. The van der Waals surface area contributed by atoms with Crippen LogP contribution in [0, 0.1) is 0 Å². The molecule has 0 aliphatic carbocycles. The molecule has 2 aromatic heterocycles. The van der Waals surface area contributed by atoms with Crippen molar-refractivity contribution in [3.8, 4) is 0 Å². The monoisotopic (exact) mass is 516 g/mol. The van der Waals surface area contributed by atoms with Gasteiger partial charge < -0.3 is 0 Å². The van der Waals surface area contributed by atoms with Crippen LogP contribution in [0.3, 0.4) is 0 Å². The Labute approximate surface area is 117 Å². The molecule has 0 unspecified atom stereocenters. The van der Waals surface area contributed by atoms with E-state index in [4.69, 9.17) is 0 Å². The van der Waals surface area contributed by atoms with Gasteiger partial charge in [-0.15, -0.1) is 0 Å². The van der Waals surface area contributed by atoms with Crippen molar-refractivity contribution in [2.45, 2.75) is 29.6 Å². The molecule has 0 N–H and O–H groups in total. The van der Waals surface area contributed by atoms with Crippen LogP contribution < -0.4 is 5.35 Å². The third kappa shape index (κ3) is 2.93. The van der Waals surface area contributed by atoms with Crippen molar-refractivity contribution in [2.75, 3.05) is 0 Å². The molecule has 0 fully saturated rings. The number of hydrogen-bond acceptors (Lipinski definition) is 1. The van der Waals surface area contributed by atoms with Gasteiger partial charge >= 0.3 is 119 Å². The fraction of sp³-hybridized carbons (Fsp3) is 0.500. The maximum absolute atomic E-state index is 2.57. The summed E-state index contributed by atoms with van der Waals surface area (Å²) in [6, 6.07) is 5.13. The molecule has 88 valence electrons. The molecule has 16 heavy (non-hydrogen) atoms. The van der Waals surface area contributed by atoms with Gasteiger partial charge in [0.05, 0.1) is 0 Å². The van der Waals surface area contributed by atoms with E-state index in [1.165, 1.54) is 0 Å². The van der Waals surface area contributed by atoms with Crippen molar-refractivity contribution in [1.82, 2.24) is 0 Å². The summed E-state index contributed by atoms with van der Waals surface area (Å²) in [6.45, 7) is 0. The topological polar surface area (TPSA) is 0 Å². The molecule has 0 saturated heterocycles. The molecular weight excluding hydrogens is 493 g/mol. The molecule has 0 aliphatic heterocycles. The molecule has 4 heteroatoms. The zero-order valence-corrected chi connectivity index (χ0v) is 19.2. The Morgan fingerprint density at radius 2 is 1.56 bits per heavy atom. The van der Waals surface area contributed by atoms with E-state index in [-0.39, 0.29) is 0 Å². The second kappa shape index (κ2) is 4.59. The van der Waals surface area contributed by atoms with Crippen molar-refractivity contribution in [3.05, 3.63) is 12.1 Å². The Bertz CT molecular complexity index is 436. The second-order valence-electron chi connectivity index (χ2n) is 6.45. The molecule has 0 bridgehead atoms. The molecule has 0 spiro atoms. The van der Waals surface area contributed by atoms with Gasteiger partial charge in [0.1, 0.15) is 0 Å². The molecule has 2 aromatic rings. The van der Waals surface area contributed by atoms with Crippen molar-refractivity contribution < 1.29 is 0 Å². The fourth-order valence-electron chi connectivity index (χ4n) is 1.57. The predicted octanol–water partition coefficient (Wildman–Crippen LogP) is 3.05. The van der Waals surface area contributed by atoms with E-state index in [0.717, 1.165) is 0 Å². The summed E-state index contributed by atoms with van der Waals surface area (Å²) >= 11 is -0.744. The third-order valence-electron chi connectivity index (χ3n) is 2.69. The van der Waals surface area contributed by atoms with Gasteiger partial charge in [0, 0.05) is 0 Å². The molecule has 0 aliphatic rings. The normalized spacial score (nSPS) is 13.6. The van der Waals surface area contributed by atoms with Crippen LogP contribution in [0.1, 0.15) is 0 Å². The van der Waals surface area contributed by atoms with Gasteiger partial charge in [-0.3, -0.25) is 0 Å². The van der Waals surface area contributed by atoms with Crippen LogP contribution in [-0.4, -0.2) is 51.3 Å². The third-order valence-corrected chi connectivity index (χ3v) is 30.1. The van der Waals surface area contributed by atoms with Crippen LogP contribution in [0.25, 0.3) is 8.96 Å². The Hall–Kier alpha value is 1.56. The summed E-state index contributed by atoms with van der Waals surface area (Å²) in [5, 5.41) is 0. The number of rotatable bonds is 2. The van der Waals surface area contributed by atoms with Gasteiger partial charge in [0.15, 0.2) is 0 Å². The zero-order chi connectivity index (χ0) is 12.1. The van der Waals surface area contributed by atoms with E-state index in [2.05, 4.69) is 53.1 Å². The molecule has 2 rings (SSSR count). The van der Waals surface area contributed by atoms with Gasteiger partial charge in [-0.2, -0.15) is 0 Å². The Kier molecular flexibility index (Phi) is 4.01. The van der Waals surface area contributed by atoms with Gasteiger partial charge in [-0.05, 0) is 0 Å². The summed E-state index contributed by atoms with van der Waals surface area (Å²) in [5.41, 5.74) is 0. The summed E-state index contributed by atoms with van der Waals surface area (Å²) in [6.07, 6.45) is 0. The molecule has 0 aromatic carbocycles. The first-order chi connectivity index (χ1) is 7.18. The predicted molar refractivity (Wildman–Crippen MR) is 84.7 cm³/mol. The molecular formula is C12H20SSeSn2. The summed E-state index contributed by atoms with van der Waals surface area (Å²) in [4.78, 5) is 15.2. The Morgan fingerprint density at radius 3 is 2.00 bits per heavy atom.